The van der Waals surface area contributed by atoms with E-state index in [1.807, 2.05) is 0 Å². The lowest BCUT2D eigenvalue weighted by Gasteiger charge is -2.35. The van der Waals surface area contributed by atoms with Crippen LogP contribution < -0.4 is 5.32 Å². The number of hydrogen-bond donors (Lipinski definition) is 1. The maximum Gasteiger partial charge on any atom is 0.0678 e. The Morgan fingerprint density at radius 2 is 1.78 bits per heavy atom. The van der Waals surface area contributed by atoms with Crippen LogP contribution in [0.4, 0.5) is 0 Å². The summed E-state index contributed by atoms with van der Waals surface area (Å²) in [5.41, 5.74) is 1.36. The van der Waals surface area contributed by atoms with Crippen molar-refractivity contribution in [2.45, 2.75) is 39.0 Å². The molecule has 2 atom stereocenters. The van der Waals surface area contributed by atoms with Crippen molar-refractivity contribution in [3.63, 3.8) is 0 Å². The van der Waals surface area contributed by atoms with Gasteiger partial charge in [-0.05, 0) is 55.8 Å². The van der Waals surface area contributed by atoms with Crippen LogP contribution in [0.25, 0.3) is 10.8 Å². The van der Waals surface area contributed by atoms with Gasteiger partial charge >= 0.3 is 0 Å². The van der Waals surface area contributed by atoms with E-state index in [4.69, 9.17) is 4.74 Å². The molecular formula is C20H28N2O. The quantitative estimate of drug-likeness (QED) is 0.827. The van der Waals surface area contributed by atoms with E-state index >= 15 is 0 Å². The van der Waals surface area contributed by atoms with Crippen LogP contribution in [-0.4, -0.2) is 43.3 Å². The van der Waals surface area contributed by atoms with Crippen molar-refractivity contribution in [1.82, 2.24) is 10.2 Å². The SMILES string of the molecule is CC1CN(CCCNCc2ccc3ccccc3c2)CC(C)O1. The second-order valence-corrected chi connectivity index (χ2v) is 6.73. The van der Waals surface area contributed by atoms with E-state index in [1.165, 1.54) is 22.8 Å². The van der Waals surface area contributed by atoms with Crippen molar-refractivity contribution in [3.05, 3.63) is 48.0 Å². The average molecular weight is 312 g/mol. The molecular weight excluding hydrogens is 284 g/mol. The van der Waals surface area contributed by atoms with E-state index in [-0.39, 0.29) is 0 Å². The molecule has 0 saturated carbocycles. The molecule has 1 saturated heterocycles. The van der Waals surface area contributed by atoms with Crippen LogP contribution >= 0.6 is 0 Å². The lowest BCUT2D eigenvalue weighted by atomic mass is 10.1. The molecule has 0 bridgehead atoms. The van der Waals surface area contributed by atoms with Gasteiger partial charge in [-0.1, -0.05) is 36.4 Å². The maximum absolute atomic E-state index is 5.78. The maximum atomic E-state index is 5.78. The van der Waals surface area contributed by atoms with Crippen molar-refractivity contribution in [3.8, 4) is 0 Å². The van der Waals surface area contributed by atoms with Gasteiger partial charge < -0.3 is 10.1 Å². The third-order valence-electron chi connectivity index (χ3n) is 4.47. The first-order chi connectivity index (χ1) is 11.2. The highest BCUT2D eigenvalue weighted by Gasteiger charge is 2.21. The molecule has 1 aliphatic rings. The number of hydrogen-bond acceptors (Lipinski definition) is 3. The summed E-state index contributed by atoms with van der Waals surface area (Å²) < 4.78 is 5.78. The lowest BCUT2D eigenvalue weighted by Crippen LogP contribution is -2.46. The molecule has 1 fully saturated rings. The van der Waals surface area contributed by atoms with Gasteiger partial charge in [0.15, 0.2) is 0 Å². The summed E-state index contributed by atoms with van der Waals surface area (Å²) in [6.07, 6.45) is 1.92. The normalized spacial score (nSPS) is 22.5. The zero-order chi connectivity index (χ0) is 16.1. The number of nitrogens with zero attached hydrogens (tertiary/aromatic N) is 1. The average Bonchev–Trinajstić information content (AvgIpc) is 2.53. The number of rotatable bonds is 6. The summed E-state index contributed by atoms with van der Waals surface area (Å²) in [5, 5.41) is 6.20. The predicted molar refractivity (Wildman–Crippen MR) is 96.7 cm³/mol. The van der Waals surface area contributed by atoms with Gasteiger partial charge in [0.25, 0.3) is 0 Å². The summed E-state index contributed by atoms with van der Waals surface area (Å²) in [5.74, 6) is 0. The zero-order valence-corrected chi connectivity index (χ0v) is 14.3. The van der Waals surface area contributed by atoms with Crippen LogP contribution in [0, 0.1) is 0 Å². The van der Waals surface area contributed by atoms with Gasteiger partial charge in [-0.15, -0.1) is 0 Å². The van der Waals surface area contributed by atoms with Crippen molar-refractivity contribution < 1.29 is 4.74 Å². The second kappa shape index (κ2) is 7.91. The first-order valence-corrected chi connectivity index (χ1v) is 8.77. The Morgan fingerprint density at radius 3 is 2.57 bits per heavy atom. The molecule has 1 aliphatic heterocycles. The van der Waals surface area contributed by atoms with E-state index < -0.39 is 0 Å². The number of morpholine rings is 1. The van der Waals surface area contributed by atoms with Gasteiger partial charge in [0, 0.05) is 19.6 Å². The fourth-order valence-electron chi connectivity index (χ4n) is 3.48. The Morgan fingerprint density at radius 1 is 1.04 bits per heavy atom. The summed E-state index contributed by atoms with van der Waals surface area (Å²) >= 11 is 0. The fraction of sp³-hybridized carbons (Fsp3) is 0.500. The van der Waals surface area contributed by atoms with Crippen LogP contribution in [-0.2, 0) is 11.3 Å². The highest BCUT2D eigenvalue weighted by Crippen LogP contribution is 2.15. The minimum absolute atomic E-state index is 0.365. The van der Waals surface area contributed by atoms with Crippen LogP contribution in [0.5, 0.6) is 0 Å². The Labute approximate surface area is 139 Å². The molecule has 0 amide bonds. The largest absolute Gasteiger partial charge is 0.373 e. The summed E-state index contributed by atoms with van der Waals surface area (Å²) in [4.78, 5) is 2.52. The molecule has 1 N–H and O–H groups in total. The standard InChI is InChI=1S/C20H28N2O/c1-16-14-22(15-17(2)23-16)11-5-10-21-13-18-8-9-19-6-3-4-7-20(19)12-18/h3-4,6-9,12,16-17,21H,5,10-11,13-15H2,1-2H3. The van der Waals surface area contributed by atoms with Crippen molar-refractivity contribution in [1.29, 1.82) is 0 Å². The molecule has 3 nitrogen and oxygen atoms in total. The third kappa shape index (κ3) is 4.77. The minimum atomic E-state index is 0.365. The molecule has 3 rings (SSSR count). The molecule has 0 aliphatic carbocycles. The van der Waals surface area contributed by atoms with Gasteiger partial charge in [-0.25, -0.2) is 0 Å². The molecule has 1 heterocycles. The summed E-state index contributed by atoms with van der Waals surface area (Å²) in [6.45, 7) is 9.63. The van der Waals surface area contributed by atoms with Crippen LogP contribution in [0.3, 0.4) is 0 Å². The first kappa shape index (κ1) is 16.4. The van der Waals surface area contributed by atoms with Crippen LogP contribution in [0.15, 0.2) is 42.5 Å². The van der Waals surface area contributed by atoms with E-state index in [2.05, 4.69) is 66.5 Å². The Hall–Kier alpha value is -1.42. The molecule has 23 heavy (non-hydrogen) atoms. The predicted octanol–water partition coefficient (Wildman–Crippen LogP) is 3.43. The van der Waals surface area contributed by atoms with E-state index in [0.717, 1.165) is 32.7 Å². The van der Waals surface area contributed by atoms with Gasteiger partial charge in [0.05, 0.1) is 12.2 Å². The van der Waals surface area contributed by atoms with Gasteiger partial charge in [0.2, 0.25) is 0 Å². The highest BCUT2D eigenvalue weighted by atomic mass is 16.5. The van der Waals surface area contributed by atoms with Crippen molar-refractivity contribution in [2.24, 2.45) is 0 Å². The van der Waals surface area contributed by atoms with Crippen LogP contribution in [0.2, 0.25) is 0 Å². The Bertz CT molecular complexity index is 618. The molecule has 0 radical (unpaired) electrons. The summed E-state index contributed by atoms with van der Waals surface area (Å²) in [6, 6.07) is 15.3. The Kier molecular flexibility index (Phi) is 5.65. The molecule has 0 aromatic heterocycles. The summed E-state index contributed by atoms with van der Waals surface area (Å²) in [7, 11) is 0. The Balaban J connectivity index is 1.39. The lowest BCUT2D eigenvalue weighted by molar-refractivity contribution is -0.0680. The third-order valence-corrected chi connectivity index (χ3v) is 4.47. The zero-order valence-electron chi connectivity index (χ0n) is 14.3. The molecule has 3 heteroatoms. The number of nitrogens with one attached hydrogen (secondary N) is 1. The number of ether oxygens (including phenoxy) is 1. The number of benzene rings is 2. The first-order valence-electron chi connectivity index (χ1n) is 8.77. The fourth-order valence-corrected chi connectivity index (χ4v) is 3.48. The molecule has 2 aromatic rings. The van der Waals surface area contributed by atoms with Gasteiger partial charge in [-0.2, -0.15) is 0 Å². The van der Waals surface area contributed by atoms with Crippen LogP contribution in [0.1, 0.15) is 25.8 Å². The molecule has 2 aromatic carbocycles. The van der Waals surface area contributed by atoms with E-state index in [0.29, 0.717) is 12.2 Å². The van der Waals surface area contributed by atoms with Crippen molar-refractivity contribution >= 4 is 10.8 Å². The van der Waals surface area contributed by atoms with Gasteiger partial charge in [0.1, 0.15) is 0 Å². The van der Waals surface area contributed by atoms with E-state index in [9.17, 15) is 0 Å². The van der Waals surface area contributed by atoms with Crippen molar-refractivity contribution in [2.75, 3.05) is 26.2 Å². The minimum Gasteiger partial charge on any atom is -0.373 e. The molecule has 0 spiro atoms. The molecule has 124 valence electrons. The topological polar surface area (TPSA) is 24.5 Å². The highest BCUT2D eigenvalue weighted by molar-refractivity contribution is 5.82. The number of fused-ring (bicyclic) bond motifs is 1. The van der Waals surface area contributed by atoms with Gasteiger partial charge in [-0.3, -0.25) is 4.90 Å². The smallest absolute Gasteiger partial charge is 0.0678 e. The molecule has 2 unspecified atom stereocenters. The monoisotopic (exact) mass is 312 g/mol. The second-order valence-electron chi connectivity index (χ2n) is 6.73. The van der Waals surface area contributed by atoms with E-state index in [1.54, 1.807) is 0 Å².